The smallest absolute Gasteiger partial charge is 0.225 e. The van der Waals surface area contributed by atoms with Gasteiger partial charge in [0.15, 0.2) is 0 Å². The lowest BCUT2D eigenvalue weighted by molar-refractivity contribution is 0.0796. The van der Waals surface area contributed by atoms with E-state index in [2.05, 4.69) is 9.97 Å². The van der Waals surface area contributed by atoms with Crippen LogP contribution in [0.1, 0.15) is 45.1 Å². The fraction of sp³-hybridized carbons (Fsp3) is 0.500. The van der Waals surface area contributed by atoms with Crippen LogP contribution in [-0.2, 0) is 15.4 Å². The molecule has 0 bridgehead atoms. The van der Waals surface area contributed by atoms with Gasteiger partial charge >= 0.3 is 0 Å². The summed E-state index contributed by atoms with van der Waals surface area (Å²) in [4.78, 5) is 15.8. The van der Waals surface area contributed by atoms with E-state index in [1.165, 1.54) is 6.26 Å². The van der Waals surface area contributed by atoms with E-state index in [1.54, 1.807) is 26.2 Å². The highest BCUT2D eigenvalue weighted by molar-refractivity contribution is 7.91. The predicted molar refractivity (Wildman–Crippen MR) is 121 cm³/mol. The van der Waals surface area contributed by atoms with Gasteiger partial charge in [-0.15, -0.1) is 0 Å². The van der Waals surface area contributed by atoms with Crippen LogP contribution in [-0.4, -0.2) is 57.5 Å². The molecule has 1 fully saturated rings. The molecule has 8 nitrogen and oxygen atoms in total. The number of sulfone groups is 1. The first-order valence-corrected chi connectivity index (χ1v) is 12.4. The summed E-state index contributed by atoms with van der Waals surface area (Å²) in [5.41, 5.74) is 1.99. The molecule has 0 radical (unpaired) electrons. The van der Waals surface area contributed by atoms with Crippen molar-refractivity contribution in [3.05, 3.63) is 42.4 Å². The Morgan fingerprint density at radius 2 is 1.87 bits per heavy atom. The molecule has 1 saturated carbocycles. The molecule has 1 N–H and O–H groups in total. The van der Waals surface area contributed by atoms with E-state index in [1.807, 2.05) is 40.7 Å². The minimum atomic E-state index is -2.99. The second-order valence-corrected chi connectivity index (χ2v) is 11.3. The van der Waals surface area contributed by atoms with Crippen molar-refractivity contribution in [3.63, 3.8) is 0 Å². The molecular formula is C22H29N5O3S. The van der Waals surface area contributed by atoms with Gasteiger partial charge in [-0.05, 0) is 51.7 Å². The highest BCUT2D eigenvalue weighted by Gasteiger charge is 2.30. The molecule has 0 saturated heterocycles. The number of hydrogen-bond donors (Lipinski definition) is 1. The highest BCUT2D eigenvalue weighted by atomic mass is 32.2. The first-order valence-electron chi connectivity index (χ1n) is 10.5. The van der Waals surface area contributed by atoms with Crippen molar-refractivity contribution in [2.24, 2.45) is 0 Å². The van der Waals surface area contributed by atoms with Gasteiger partial charge in [-0.3, -0.25) is 4.40 Å². The van der Waals surface area contributed by atoms with E-state index in [-0.39, 0.29) is 11.3 Å². The lowest BCUT2D eigenvalue weighted by atomic mass is 9.94. The van der Waals surface area contributed by atoms with Crippen molar-refractivity contribution in [1.82, 2.24) is 19.4 Å². The van der Waals surface area contributed by atoms with E-state index in [0.717, 1.165) is 29.8 Å². The molecule has 4 rings (SSSR count). The molecule has 1 aliphatic rings. The lowest BCUT2D eigenvalue weighted by Gasteiger charge is -2.34. The van der Waals surface area contributed by atoms with Crippen LogP contribution in [0.3, 0.4) is 0 Å². The fourth-order valence-corrected chi connectivity index (χ4v) is 5.49. The summed E-state index contributed by atoms with van der Waals surface area (Å²) < 4.78 is 25.6. The Morgan fingerprint density at radius 3 is 2.52 bits per heavy atom. The van der Waals surface area contributed by atoms with Crippen LogP contribution in [0.25, 0.3) is 17.0 Å². The number of fused-ring (bicyclic) bond motifs is 1. The SMILES string of the molecule is CN(c1nccc(-c2cnc3c(C(C)(C)O)cccn23)n1)C1CCC(S(C)(=O)=O)CC1. The van der Waals surface area contributed by atoms with Gasteiger partial charge in [0.25, 0.3) is 0 Å². The summed E-state index contributed by atoms with van der Waals surface area (Å²) in [5, 5.41) is 10.2. The van der Waals surface area contributed by atoms with Gasteiger partial charge in [0, 0.05) is 37.3 Å². The zero-order valence-corrected chi connectivity index (χ0v) is 19.2. The summed E-state index contributed by atoms with van der Waals surface area (Å²) in [6.45, 7) is 3.49. The van der Waals surface area contributed by atoms with Gasteiger partial charge in [0.1, 0.15) is 15.5 Å². The molecule has 31 heavy (non-hydrogen) atoms. The Kier molecular flexibility index (Phi) is 5.51. The molecule has 166 valence electrons. The van der Waals surface area contributed by atoms with Gasteiger partial charge < -0.3 is 10.0 Å². The third kappa shape index (κ3) is 4.29. The summed E-state index contributed by atoms with van der Waals surface area (Å²) in [7, 11) is -1.02. The highest BCUT2D eigenvalue weighted by Crippen LogP contribution is 2.30. The number of nitrogens with zero attached hydrogens (tertiary/aromatic N) is 5. The molecule has 3 heterocycles. The Hall–Kier alpha value is -2.52. The van der Waals surface area contributed by atoms with E-state index < -0.39 is 15.4 Å². The van der Waals surface area contributed by atoms with Gasteiger partial charge in [-0.2, -0.15) is 0 Å². The maximum absolute atomic E-state index is 11.8. The molecule has 0 aromatic carbocycles. The molecule has 0 spiro atoms. The van der Waals surface area contributed by atoms with Crippen molar-refractivity contribution in [2.45, 2.75) is 56.4 Å². The van der Waals surface area contributed by atoms with Crippen LogP contribution in [0.5, 0.6) is 0 Å². The number of anilines is 1. The molecule has 0 aliphatic heterocycles. The van der Waals surface area contributed by atoms with Crippen LogP contribution >= 0.6 is 0 Å². The third-order valence-corrected chi connectivity index (χ3v) is 7.90. The van der Waals surface area contributed by atoms with E-state index in [4.69, 9.17) is 4.98 Å². The monoisotopic (exact) mass is 443 g/mol. The summed E-state index contributed by atoms with van der Waals surface area (Å²) in [5.74, 6) is 0.605. The molecular weight excluding hydrogens is 414 g/mol. The number of aromatic nitrogens is 4. The normalized spacial score (nSPS) is 20.2. The maximum atomic E-state index is 11.8. The van der Waals surface area contributed by atoms with Crippen molar-refractivity contribution < 1.29 is 13.5 Å². The van der Waals surface area contributed by atoms with Crippen LogP contribution in [0, 0.1) is 0 Å². The van der Waals surface area contributed by atoms with Crippen LogP contribution in [0.2, 0.25) is 0 Å². The average molecular weight is 444 g/mol. The second-order valence-electron chi connectivity index (χ2n) is 8.93. The van der Waals surface area contributed by atoms with E-state index in [0.29, 0.717) is 24.4 Å². The Morgan fingerprint density at radius 1 is 1.16 bits per heavy atom. The number of hydrogen-bond acceptors (Lipinski definition) is 7. The van der Waals surface area contributed by atoms with Gasteiger partial charge in [-0.1, -0.05) is 6.07 Å². The minimum absolute atomic E-state index is 0.206. The number of pyridine rings is 1. The van der Waals surface area contributed by atoms with E-state index >= 15 is 0 Å². The van der Waals surface area contributed by atoms with Crippen LogP contribution < -0.4 is 4.90 Å². The topological polar surface area (TPSA) is 101 Å². The molecule has 9 heteroatoms. The van der Waals surface area contributed by atoms with Crippen LogP contribution in [0.15, 0.2) is 36.8 Å². The van der Waals surface area contributed by atoms with Crippen molar-refractivity contribution in [2.75, 3.05) is 18.2 Å². The zero-order chi connectivity index (χ0) is 22.4. The van der Waals surface area contributed by atoms with Crippen molar-refractivity contribution in [3.8, 4) is 11.4 Å². The predicted octanol–water partition coefficient (Wildman–Crippen LogP) is 2.81. The summed E-state index contributed by atoms with van der Waals surface area (Å²) in [6.07, 6.45) is 9.65. The molecule has 0 atom stereocenters. The van der Waals surface area contributed by atoms with Crippen LogP contribution in [0.4, 0.5) is 5.95 Å². The number of rotatable bonds is 5. The average Bonchev–Trinajstić information content (AvgIpc) is 3.16. The Labute approximate surface area is 182 Å². The lowest BCUT2D eigenvalue weighted by Crippen LogP contribution is -2.39. The third-order valence-electron chi connectivity index (χ3n) is 6.21. The molecule has 0 amide bonds. The van der Waals surface area contributed by atoms with E-state index in [9.17, 15) is 13.5 Å². The number of aliphatic hydroxyl groups is 1. The first-order chi connectivity index (χ1) is 14.6. The summed E-state index contributed by atoms with van der Waals surface area (Å²) in [6, 6.07) is 5.81. The Bertz CT molecular complexity index is 1190. The summed E-state index contributed by atoms with van der Waals surface area (Å²) >= 11 is 0. The quantitative estimate of drug-likeness (QED) is 0.647. The molecule has 0 unspecified atom stereocenters. The second kappa shape index (κ2) is 7.87. The largest absolute Gasteiger partial charge is 0.386 e. The van der Waals surface area contributed by atoms with Gasteiger partial charge in [0.2, 0.25) is 5.95 Å². The van der Waals surface area contributed by atoms with Gasteiger partial charge in [-0.25, -0.2) is 23.4 Å². The molecule has 3 aromatic rings. The van der Waals surface area contributed by atoms with Gasteiger partial charge in [0.05, 0.1) is 28.4 Å². The molecule has 1 aliphatic carbocycles. The van der Waals surface area contributed by atoms with Crippen molar-refractivity contribution in [1.29, 1.82) is 0 Å². The standard InChI is InChI=1S/C22H29N5O3S/c1-22(2,28)17-6-5-13-27-19(14-24-20(17)27)18-11-12-23-21(25-18)26(3)15-7-9-16(10-8-15)31(4,29)30/h5-6,11-16,28H,7-10H2,1-4H3. The first kappa shape index (κ1) is 21.7. The van der Waals surface area contributed by atoms with Crippen molar-refractivity contribution >= 4 is 21.4 Å². The zero-order valence-electron chi connectivity index (χ0n) is 18.4. The number of imidazole rings is 1. The fourth-order valence-electron chi connectivity index (χ4n) is 4.36. The molecule has 3 aromatic heterocycles. The Balaban J connectivity index is 1.61. The maximum Gasteiger partial charge on any atom is 0.225 e. The minimum Gasteiger partial charge on any atom is -0.386 e.